The third kappa shape index (κ3) is 7.04. The molecule has 1 unspecified atom stereocenters. The first-order chi connectivity index (χ1) is 12.4. The van der Waals surface area contributed by atoms with Crippen LogP contribution in [-0.2, 0) is 11.3 Å². The van der Waals surface area contributed by atoms with Crippen molar-refractivity contribution in [2.75, 3.05) is 18.4 Å². The van der Waals surface area contributed by atoms with Crippen molar-refractivity contribution >= 4 is 17.6 Å². The number of piperidine rings is 1. The van der Waals surface area contributed by atoms with Crippen LogP contribution in [0.3, 0.4) is 0 Å². The van der Waals surface area contributed by atoms with Gasteiger partial charge in [-0.2, -0.15) is 0 Å². The Bertz CT molecular complexity index is 580. The van der Waals surface area contributed by atoms with Crippen molar-refractivity contribution < 1.29 is 9.59 Å². The molecule has 1 saturated heterocycles. The van der Waals surface area contributed by atoms with Crippen LogP contribution < -0.4 is 21.3 Å². The molecule has 2 rings (SSSR count). The summed E-state index contributed by atoms with van der Waals surface area (Å²) < 4.78 is 0. The van der Waals surface area contributed by atoms with Gasteiger partial charge in [-0.1, -0.05) is 19.1 Å². The van der Waals surface area contributed by atoms with E-state index in [1.807, 2.05) is 38.1 Å². The van der Waals surface area contributed by atoms with E-state index in [4.69, 9.17) is 0 Å². The molecule has 1 fully saturated rings. The van der Waals surface area contributed by atoms with Crippen LogP contribution >= 0.6 is 0 Å². The lowest BCUT2D eigenvalue weighted by Crippen LogP contribution is -2.34. The van der Waals surface area contributed by atoms with Crippen LogP contribution in [0.25, 0.3) is 0 Å². The molecular formula is C20H32N4O2. The summed E-state index contributed by atoms with van der Waals surface area (Å²) in [5.41, 5.74) is 1.75. The van der Waals surface area contributed by atoms with Crippen LogP contribution in [0.5, 0.6) is 0 Å². The van der Waals surface area contributed by atoms with Gasteiger partial charge in [-0.25, -0.2) is 4.79 Å². The van der Waals surface area contributed by atoms with E-state index >= 15 is 0 Å². The maximum absolute atomic E-state index is 12.2. The molecular weight excluding hydrogens is 328 g/mol. The summed E-state index contributed by atoms with van der Waals surface area (Å²) in [6, 6.07) is 7.41. The van der Waals surface area contributed by atoms with E-state index in [-0.39, 0.29) is 18.0 Å². The van der Waals surface area contributed by atoms with Gasteiger partial charge in [-0.15, -0.1) is 0 Å². The fraction of sp³-hybridized carbons (Fsp3) is 0.600. The van der Waals surface area contributed by atoms with E-state index in [0.717, 1.165) is 37.2 Å². The number of hydrogen-bond donors (Lipinski definition) is 4. The second kappa shape index (κ2) is 10.2. The molecule has 0 bridgehead atoms. The van der Waals surface area contributed by atoms with Crippen LogP contribution in [0.15, 0.2) is 24.3 Å². The summed E-state index contributed by atoms with van der Waals surface area (Å²) in [5, 5.41) is 11.9. The number of carbonyl (C=O) groups is 2. The highest BCUT2D eigenvalue weighted by molar-refractivity contribution is 5.89. The van der Waals surface area contributed by atoms with Gasteiger partial charge in [0.1, 0.15) is 0 Å². The molecule has 0 radical (unpaired) electrons. The Balaban J connectivity index is 1.73. The summed E-state index contributed by atoms with van der Waals surface area (Å²) in [5.74, 6) is 1.17. The first kappa shape index (κ1) is 20.2. The zero-order valence-electron chi connectivity index (χ0n) is 16.1. The lowest BCUT2D eigenvalue weighted by molar-refractivity contribution is -0.122. The van der Waals surface area contributed by atoms with Crippen LogP contribution in [0.2, 0.25) is 0 Å². The molecule has 1 aliphatic rings. The smallest absolute Gasteiger partial charge is 0.319 e. The molecule has 1 aromatic rings. The lowest BCUT2D eigenvalue weighted by Gasteiger charge is -2.27. The Kier molecular flexibility index (Phi) is 7.91. The van der Waals surface area contributed by atoms with Gasteiger partial charge in [0, 0.05) is 24.7 Å². The normalized spacial score (nSPS) is 16.2. The Morgan fingerprint density at radius 2 is 1.77 bits per heavy atom. The number of hydrogen-bond acceptors (Lipinski definition) is 3. The molecule has 26 heavy (non-hydrogen) atoms. The van der Waals surface area contributed by atoms with Gasteiger partial charge < -0.3 is 21.3 Å². The van der Waals surface area contributed by atoms with E-state index < -0.39 is 0 Å². The minimum absolute atomic E-state index is 0.0942. The first-order valence-electron chi connectivity index (χ1n) is 9.58. The molecule has 144 valence electrons. The van der Waals surface area contributed by atoms with Crippen LogP contribution in [0.4, 0.5) is 10.5 Å². The minimum atomic E-state index is -0.215. The molecule has 1 aliphatic heterocycles. The van der Waals surface area contributed by atoms with Crippen LogP contribution in [0.1, 0.15) is 45.6 Å². The minimum Gasteiger partial charge on any atom is -0.352 e. The molecule has 0 aliphatic carbocycles. The number of amides is 3. The molecule has 0 saturated carbocycles. The van der Waals surface area contributed by atoms with Crippen molar-refractivity contribution in [1.29, 1.82) is 0 Å². The predicted molar refractivity (Wildman–Crippen MR) is 105 cm³/mol. The Morgan fingerprint density at radius 3 is 2.38 bits per heavy atom. The van der Waals surface area contributed by atoms with Gasteiger partial charge >= 0.3 is 6.03 Å². The van der Waals surface area contributed by atoms with E-state index in [1.54, 1.807) is 0 Å². The number of nitrogens with one attached hydrogen (secondary N) is 4. The van der Waals surface area contributed by atoms with E-state index in [2.05, 4.69) is 28.2 Å². The molecule has 1 aromatic carbocycles. The highest BCUT2D eigenvalue weighted by Gasteiger charge is 2.21. The summed E-state index contributed by atoms with van der Waals surface area (Å²) in [6.45, 7) is 8.64. The number of anilines is 1. The van der Waals surface area contributed by atoms with Crippen molar-refractivity contribution in [1.82, 2.24) is 16.0 Å². The Hall–Kier alpha value is -2.08. The molecule has 0 aromatic heterocycles. The van der Waals surface area contributed by atoms with Gasteiger partial charge in [-0.3, -0.25) is 4.79 Å². The number of carbonyl (C=O) groups excluding carboxylic acids is 2. The van der Waals surface area contributed by atoms with Gasteiger partial charge in [0.15, 0.2) is 0 Å². The van der Waals surface area contributed by atoms with Crippen molar-refractivity contribution in [2.45, 2.75) is 52.6 Å². The highest BCUT2D eigenvalue weighted by Crippen LogP contribution is 2.24. The first-order valence-corrected chi connectivity index (χ1v) is 9.58. The summed E-state index contributed by atoms with van der Waals surface area (Å²) >= 11 is 0. The zero-order valence-corrected chi connectivity index (χ0v) is 16.1. The third-order valence-electron chi connectivity index (χ3n) is 4.82. The van der Waals surface area contributed by atoms with Crippen molar-refractivity contribution in [3.8, 4) is 0 Å². The second-order valence-electron chi connectivity index (χ2n) is 7.50. The largest absolute Gasteiger partial charge is 0.352 e. The monoisotopic (exact) mass is 360 g/mol. The quantitative estimate of drug-likeness (QED) is 0.603. The number of urea groups is 1. The third-order valence-corrected chi connectivity index (χ3v) is 4.82. The average Bonchev–Trinajstić information content (AvgIpc) is 2.61. The van der Waals surface area contributed by atoms with Gasteiger partial charge in [0.25, 0.3) is 0 Å². The zero-order chi connectivity index (χ0) is 18.9. The number of benzene rings is 1. The summed E-state index contributed by atoms with van der Waals surface area (Å²) in [6.07, 6.45) is 2.90. The lowest BCUT2D eigenvalue weighted by atomic mass is 9.84. The molecule has 0 spiro atoms. The van der Waals surface area contributed by atoms with Crippen LogP contribution in [-0.4, -0.2) is 31.1 Å². The molecule has 1 atom stereocenters. The summed E-state index contributed by atoms with van der Waals surface area (Å²) in [4.78, 5) is 23.9. The Labute approximate surface area is 156 Å². The topological polar surface area (TPSA) is 82.3 Å². The molecule has 6 heteroatoms. The van der Waals surface area contributed by atoms with Gasteiger partial charge in [0.05, 0.1) is 0 Å². The van der Waals surface area contributed by atoms with E-state index in [0.29, 0.717) is 24.8 Å². The van der Waals surface area contributed by atoms with Crippen LogP contribution in [0, 0.1) is 11.8 Å². The summed E-state index contributed by atoms with van der Waals surface area (Å²) in [7, 11) is 0. The van der Waals surface area contributed by atoms with Gasteiger partial charge in [0.2, 0.25) is 5.91 Å². The van der Waals surface area contributed by atoms with E-state index in [9.17, 15) is 9.59 Å². The predicted octanol–water partition coefficient (Wildman–Crippen LogP) is 2.86. The highest BCUT2D eigenvalue weighted by atomic mass is 16.2. The molecule has 4 N–H and O–H groups in total. The molecule has 3 amide bonds. The Morgan fingerprint density at radius 1 is 1.12 bits per heavy atom. The standard InChI is InChI=1S/C20H32N4O2/c1-14(2)23-20(26)24-18-6-4-16(5-7-18)13-22-19(25)12-15(3)17-8-10-21-11-9-17/h4-7,14-15,17,21H,8-13H2,1-3H3,(H,22,25)(H2,23,24,26). The van der Waals surface area contributed by atoms with Crippen molar-refractivity contribution in [3.05, 3.63) is 29.8 Å². The fourth-order valence-electron chi connectivity index (χ4n) is 3.28. The molecule has 6 nitrogen and oxygen atoms in total. The SMILES string of the molecule is CC(C)NC(=O)Nc1ccc(CNC(=O)CC(C)C2CCNCC2)cc1. The average molecular weight is 361 g/mol. The maximum Gasteiger partial charge on any atom is 0.319 e. The second-order valence-corrected chi connectivity index (χ2v) is 7.50. The fourth-order valence-corrected chi connectivity index (χ4v) is 3.28. The van der Waals surface area contributed by atoms with Crippen molar-refractivity contribution in [3.63, 3.8) is 0 Å². The number of rotatable bonds is 7. The van der Waals surface area contributed by atoms with Crippen molar-refractivity contribution in [2.24, 2.45) is 11.8 Å². The van der Waals surface area contributed by atoms with E-state index in [1.165, 1.54) is 0 Å². The maximum atomic E-state index is 12.2. The molecule has 1 heterocycles. The van der Waals surface area contributed by atoms with Gasteiger partial charge in [-0.05, 0) is 69.3 Å².